The number of methoxy groups -OCH3 is 1. The summed E-state index contributed by atoms with van der Waals surface area (Å²) in [6.07, 6.45) is 0. The topological polar surface area (TPSA) is 66.2 Å². The Morgan fingerprint density at radius 1 is 1.12 bits per heavy atom. The van der Waals surface area contributed by atoms with Gasteiger partial charge in [-0.05, 0) is 44.0 Å². The number of rotatable bonds is 5. The van der Waals surface area contributed by atoms with Gasteiger partial charge in [0, 0.05) is 6.07 Å². The maximum Gasteiger partial charge on any atom is 0.361 e. The van der Waals surface area contributed by atoms with Crippen molar-refractivity contribution in [3.63, 3.8) is 0 Å². The highest BCUT2D eigenvalue weighted by molar-refractivity contribution is 5.88. The molecule has 0 aliphatic rings. The molecule has 0 aliphatic heterocycles. The van der Waals surface area contributed by atoms with Gasteiger partial charge in [0.25, 0.3) is 0 Å². The zero-order chi connectivity index (χ0) is 18.7. The second-order valence-corrected chi connectivity index (χ2v) is 6.14. The quantitative estimate of drug-likeness (QED) is 0.658. The highest BCUT2D eigenvalue weighted by Crippen LogP contribution is 2.19. The van der Waals surface area contributed by atoms with Gasteiger partial charge in [-0.2, -0.15) is 0 Å². The first-order chi connectivity index (χ1) is 12.5. The number of ether oxygens (including phenoxy) is 2. The number of esters is 1. The average molecular weight is 351 g/mol. The predicted octanol–water partition coefficient (Wildman–Crippen LogP) is 3.56. The average Bonchev–Trinajstić information content (AvgIpc) is 3.03. The first-order valence-corrected chi connectivity index (χ1v) is 8.29. The van der Waals surface area contributed by atoms with Crippen molar-refractivity contribution in [3.05, 3.63) is 70.5 Å². The molecule has 134 valence electrons. The predicted molar refractivity (Wildman–Crippen MR) is 97.7 cm³/mol. The Bertz CT molecular complexity index is 947. The number of benzene rings is 2. The highest BCUT2D eigenvalue weighted by Gasteiger charge is 2.19. The van der Waals surface area contributed by atoms with E-state index in [2.05, 4.69) is 10.3 Å². The van der Waals surface area contributed by atoms with Crippen LogP contribution in [0, 0.1) is 20.8 Å². The van der Waals surface area contributed by atoms with Crippen LogP contribution in [-0.4, -0.2) is 28.1 Å². The zero-order valence-electron chi connectivity index (χ0n) is 15.3. The largest absolute Gasteiger partial charge is 0.497 e. The normalized spacial score (nSPS) is 10.6. The molecule has 0 spiro atoms. The summed E-state index contributed by atoms with van der Waals surface area (Å²) in [5, 5.41) is 8.08. The van der Waals surface area contributed by atoms with Gasteiger partial charge in [-0.15, -0.1) is 5.10 Å². The number of nitrogens with zero attached hydrogens (tertiary/aromatic N) is 3. The SMILES string of the molecule is COc1cccc(-n2nnc(C(=O)OCc3cc(C)ccc3C)c2C)c1. The Kier molecular flexibility index (Phi) is 5.02. The molecule has 0 saturated carbocycles. The lowest BCUT2D eigenvalue weighted by Crippen LogP contribution is -2.09. The van der Waals surface area contributed by atoms with Gasteiger partial charge >= 0.3 is 5.97 Å². The van der Waals surface area contributed by atoms with E-state index < -0.39 is 5.97 Å². The van der Waals surface area contributed by atoms with Gasteiger partial charge in [0.05, 0.1) is 18.5 Å². The fourth-order valence-corrected chi connectivity index (χ4v) is 2.67. The van der Waals surface area contributed by atoms with Crippen LogP contribution >= 0.6 is 0 Å². The molecule has 2 aromatic carbocycles. The molecule has 3 rings (SSSR count). The maximum atomic E-state index is 12.4. The monoisotopic (exact) mass is 351 g/mol. The van der Waals surface area contributed by atoms with Crippen molar-refractivity contribution >= 4 is 5.97 Å². The number of carbonyl (C=O) groups is 1. The van der Waals surface area contributed by atoms with Crippen LogP contribution in [0.25, 0.3) is 5.69 Å². The molecule has 0 bridgehead atoms. The molecule has 0 saturated heterocycles. The van der Waals surface area contributed by atoms with Gasteiger partial charge in [0.2, 0.25) is 0 Å². The lowest BCUT2D eigenvalue weighted by Gasteiger charge is -2.08. The van der Waals surface area contributed by atoms with E-state index >= 15 is 0 Å². The second kappa shape index (κ2) is 7.39. The first kappa shape index (κ1) is 17.7. The summed E-state index contributed by atoms with van der Waals surface area (Å²) in [4.78, 5) is 12.4. The summed E-state index contributed by atoms with van der Waals surface area (Å²) < 4.78 is 12.3. The fourth-order valence-electron chi connectivity index (χ4n) is 2.67. The van der Waals surface area contributed by atoms with Crippen LogP contribution in [0.1, 0.15) is 32.9 Å². The van der Waals surface area contributed by atoms with Crippen LogP contribution in [-0.2, 0) is 11.3 Å². The van der Waals surface area contributed by atoms with Crippen molar-refractivity contribution in [1.29, 1.82) is 0 Å². The Morgan fingerprint density at radius 3 is 2.69 bits per heavy atom. The number of carbonyl (C=O) groups excluding carboxylic acids is 1. The molecular weight excluding hydrogens is 330 g/mol. The molecule has 0 radical (unpaired) electrons. The van der Waals surface area contributed by atoms with E-state index in [4.69, 9.17) is 9.47 Å². The smallest absolute Gasteiger partial charge is 0.361 e. The summed E-state index contributed by atoms with van der Waals surface area (Å²) in [6.45, 7) is 5.99. The lowest BCUT2D eigenvalue weighted by molar-refractivity contribution is 0.0464. The Hall–Kier alpha value is -3.15. The minimum Gasteiger partial charge on any atom is -0.497 e. The first-order valence-electron chi connectivity index (χ1n) is 8.29. The Labute approximate surface area is 152 Å². The van der Waals surface area contributed by atoms with Crippen LogP contribution in [0.4, 0.5) is 0 Å². The van der Waals surface area contributed by atoms with Gasteiger partial charge in [0.15, 0.2) is 5.69 Å². The van der Waals surface area contributed by atoms with Crippen molar-refractivity contribution in [2.24, 2.45) is 0 Å². The summed E-state index contributed by atoms with van der Waals surface area (Å²) in [5.74, 6) is 0.217. The molecule has 0 amide bonds. The number of aryl methyl sites for hydroxylation is 2. The van der Waals surface area contributed by atoms with Crippen LogP contribution in [0.2, 0.25) is 0 Å². The minimum atomic E-state index is -0.488. The van der Waals surface area contributed by atoms with Gasteiger partial charge in [-0.25, -0.2) is 9.48 Å². The highest BCUT2D eigenvalue weighted by atomic mass is 16.5. The van der Waals surface area contributed by atoms with E-state index in [-0.39, 0.29) is 12.3 Å². The van der Waals surface area contributed by atoms with Crippen LogP contribution in [0.5, 0.6) is 5.75 Å². The maximum absolute atomic E-state index is 12.4. The summed E-state index contributed by atoms with van der Waals surface area (Å²) in [7, 11) is 1.60. The third kappa shape index (κ3) is 3.59. The molecule has 0 N–H and O–H groups in total. The molecular formula is C20H21N3O3. The lowest BCUT2D eigenvalue weighted by atomic mass is 10.1. The molecule has 26 heavy (non-hydrogen) atoms. The standard InChI is InChI=1S/C20H21N3O3/c1-13-8-9-14(2)16(10-13)12-26-20(24)19-15(3)23(22-21-19)17-6-5-7-18(11-17)25-4/h5-11H,12H2,1-4H3. The third-order valence-electron chi connectivity index (χ3n) is 4.25. The van der Waals surface area contributed by atoms with Crippen LogP contribution < -0.4 is 4.74 Å². The van der Waals surface area contributed by atoms with Crippen molar-refractivity contribution in [3.8, 4) is 11.4 Å². The van der Waals surface area contributed by atoms with E-state index in [0.29, 0.717) is 11.4 Å². The molecule has 3 aromatic rings. The molecule has 0 aliphatic carbocycles. The number of hydrogen-bond donors (Lipinski definition) is 0. The Morgan fingerprint density at radius 2 is 1.92 bits per heavy atom. The van der Waals surface area contributed by atoms with Crippen molar-refractivity contribution in [1.82, 2.24) is 15.0 Å². The molecule has 6 heteroatoms. The van der Waals surface area contributed by atoms with E-state index in [1.165, 1.54) is 0 Å². The van der Waals surface area contributed by atoms with Crippen LogP contribution in [0.3, 0.4) is 0 Å². The van der Waals surface area contributed by atoms with Crippen molar-refractivity contribution in [2.45, 2.75) is 27.4 Å². The summed E-state index contributed by atoms with van der Waals surface area (Å²) in [5.41, 5.74) is 4.78. The molecule has 1 heterocycles. The van der Waals surface area contributed by atoms with E-state index in [1.807, 2.05) is 56.3 Å². The minimum absolute atomic E-state index is 0.206. The number of hydrogen-bond acceptors (Lipinski definition) is 5. The van der Waals surface area contributed by atoms with Gasteiger partial charge in [-0.3, -0.25) is 0 Å². The molecule has 0 unspecified atom stereocenters. The van der Waals surface area contributed by atoms with Crippen molar-refractivity contribution < 1.29 is 14.3 Å². The van der Waals surface area contributed by atoms with Gasteiger partial charge in [0.1, 0.15) is 12.4 Å². The number of aromatic nitrogens is 3. The van der Waals surface area contributed by atoms with E-state index in [0.717, 1.165) is 22.4 Å². The van der Waals surface area contributed by atoms with E-state index in [1.54, 1.807) is 18.7 Å². The summed E-state index contributed by atoms with van der Waals surface area (Å²) >= 11 is 0. The van der Waals surface area contributed by atoms with Crippen LogP contribution in [0.15, 0.2) is 42.5 Å². The second-order valence-electron chi connectivity index (χ2n) is 6.14. The molecule has 0 atom stereocenters. The molecule has 6 nitrogen and oxygen atoms in total. The zero-order valence-corrected chi connectivity index (χ0v) is 15.3. The van der Waals surface area contributed by atoms with E-state index in [9.17, 15) is 4.79 Å². The summed E-state index contributed by atoms with van der Waals surface area (Å²) in [6, 6.07) is 13.5. The Balaban J connectivity index is 1.78. The molecule has 1 aromatic heterocycles. The van der Waals surface area contributed by atoms with Crippen molar-refractivity contribution in [2.75, 3.05) is 7.11 Å². The third-order valence-corrected chi connectivity index (χ3v) is 4.25. The van der Waals surface area contributed by atoms with Gasteiger partial charge in [-0.1, -0.05) is 35.0 Å². The van der Waals surface area contributed by atoms with Gasteiger partial charge < -0.3 is 9.47 Å². The fraction of sp³-hybridized carbons (Fsp3) is 0.250. The molecule has 0 fully saturated rings.